The van der Waals surface area contributed by atoms with E-state index < -0.39 is 28.5 Å². The van der Waals surface area contributed by atoms with Crippen LogP contribution in [-0.2, 0) is 32.6 Å². The Kier molecular flexibility index (Phi) is 10.6. The Morgan fingerprint density at radius 1 is 0.783 bits per heavy atom. The fourth-order valence-electron chi connectivity index (χ4n) is 6.06. The minimum absolute atomic E-state index is 0.0622. The zero-order chi connectivity index (χ0) is 32.7. The predicted molar refractivity (Wildman–Crippen MR) is 183 cm³/mol. The van der Waals surface area contributed by atoms with Crippen LogP contribution in [-0.4, -0.2) is 43.8 Å². The maximum Gasteiger partial charge on any atom is 0.264 e. The van der Waals surface area contributed by atoms with Crippen LogP contribution in [0.25, 0.3) is 0 Å². The van der Waals surface area contributed by atoms with Crippen LogP contribution in [0.3, 0.4) is 0 Å². The summed E-state index contributed by atoms with van der Waals surface area (Å²) in [7, 11) is -4.13. The molecular formula is C38H43N3O4S. The molecule has 1 atom stereocenters. The van der Waals surface area contributed by atoms with Crippen LogP contribution >= 0.6 is 0 Å². The number of carbonyl (C=O) groups excluding carboxylic acids is 2. The maximum atomic E-state index is 14.7. The number of hydrogen-bond acceptors (Lipinski definition) is 4. The molecule has 0 aromatic heterocycles. The Balaban J connectivity index is 1.57. The van der Waals surface area contributed by atoms with Gasteiger partial charge in [-0.3, -0.25) is 13.9 Å². The Morgan fingerprint density at radius 3 is 2.09 bits per heavy atom. The Bertz CT molecular complexity index is 1750. The largest absolute Gasteiger partial charge is 0.352 e. The van der Waals surface area contributed by atoms with E-state index in [-0.39, 0.29) is 23.4 Å². The standard InChI is InChI=1S/C38H43N3O4S/c1-28-13-12-16-32(23-28)26-40(36(25-31-14-6-4-7-15-31)38(43)39-33-17-10-11-18-33)37(42)27-41(34-22-21-29(2)30(3)24-34)46(44,45)35-19-8-5-9-20-35/h4-9,12-16,19-24,33,36H,10-11,17-18,25-27H2,1-3H3,(H,39,43)/t36-/m1/s1. The zero-order valence-corrected chi connectivity index (χ0v) is 27.7. The molecule has 0 heterocycles. The predicted octanol–water partition coefficient (Wildman–Crippen LogP) is 6.51. The van der Waals surface area contributed by atoms with E-state index in [0.29, 0.717) is 12.1 Å². The van der Waals surface area contributed by atoms with Crippen molar-refractivity contribution in [3.8, 4) is 0 Å². The molecule has 1 aliphatic carbocycles. The van der Waals surface area contributed by atoms with Crippen molar-refractivity contribution in [3.63, 3.8) is 0 Å². The van der Waals surface area contributed by atoms with Crippen LogP contribution in [0, 0.1) is 20.8 Å². The molecule has 0 aliphatic heterocycles. The van der Waals surface area contributed by atoms with Crippen molar-refractivity contribution in [2.45, 2.75) is 76.4 Å². The molecule has 1 saturated carbocycles. The van der Waals surface area contributed by atoms with Gasteiger partial charge in [0.15, 0.2) is 0 Å². The van der Waals surface area contributed by atoms with E-state index in [0.717, 1.165) is 53.5 Å². The summed E-state index contributed by atoms with van der Waals surface area (Å²) < 4.78 is 29.6. The molecule has 240 valence electrons. The van der Waals surface area contributed by atoms with E-state index in [1.54, 1.807) is 35.2 Å². The topological polar surface area (TPSA) is 86.8 Å². The van der Waals surface area contributed by atoms with Gasteiger partial charge in [0.1, 0.15) is 12.6 Å². The van der Waals surface area contributed by atoms with Crippen LogP contribution in [0.2, 0.25) is 0 Å². The minimum Gasteiger partial charge on any atom is -0.352 e. The number of hydrogen-bond donors (Lipinski definition) is 1. The lowest BCUT2D eigenvalue weighted by Gasteiger charge is -2.34. The summed E-state index contributed by atoms with van der Waals surface area (Å²) in [5.41, 5.74) is 5.13. The number of nitrogens with zero attached hydrogens (tertiary/aromatic N) is 2. The lowest BCUT2D eigenvalue weighted by atomic mass is 10.0. The number of anilines is 1. The summed E-state index contributed by atoms with van der Waals surface area (Å²) in [5.74, 6) is -0.679. The number of benzene rings is 4. The van der Waals surface area contributed by atoms with Crippen molar-refractivity contribution >= 4 is 27.5 Å². The van der Waals surface area contributed by atoms with Crippen molar-refractivity contribution in [1.29, 1.82) is 0 Å². The second-order valence-corrected chi connectivity index (χ2v) is 14.2. The van der Waals surface area contributed by atoms with Crippen LogP contribution in [0.4, 0.5) is 5.69 Å². The van der Waals surface area contributed by atoms with Gasteiger partial charge < -0.3 is 10.2 Å². The van der Waals surface area contributed by atoms with Crippen LogP contribution in [0.1, 0.15) is 53.5 Å². The van der Waals surface area contributed by atoms with E-state index in [1.165, 1.54) is 16.4 Å². The summed E-state index contributed by atoms with van der Waals surface area (Å²) in [6.07, 6.45) is 4.23. The number of nitrogens with one attached hydrogen (secondary N) is 1. The first-order valence-electron chi connectivity index (χ1n) is 16.0. The molecule has 0 spiro atoms. The van der Waals surface area contributed by atoms with Crippen LogP contribution < -0.4 is 9.62 Å². The number of rotatable bonds is 12. The van der Waals surface area contributed by atoms with Crippen molar-refractivity contribution in [2.75, 3.05) is 10.8 Å². The molecular weight excluding hydrogens is 595 g/mol. The molecule has 1 fully saturated rings. The zero-order valence-electron chi connectivity index (χ0n) is 26.9. The van der Waals surface area contributed by atoms with Gasteiger partial charge in [0.05, 0.1) is 10.6 Å². The van der Waals surface area contributed by atoms with E-state index in [9.17, 15) is 18.0 Å². The first-order chi connectivity index (χ1) is 22.1. The fourth-order valence-corrected chi connectivity index (χ4v) is 7.48. The second-order valence-electron chi connectivity index (χ2n) is 12.3. The van der Waals surface area contributed by atoms with Gasteiger partial charge in [-0.15, -0.1) is 0 Å². The van der Waals surface area contributed by atoms with Gasteiger partial charge >= 0.3 is 0 Å². The molecule has 4 aromatic rings. The third-order valence-corrected chi connectivity index (χ3v) is 10.6. The molecule has 7 nitrogen and oxygen atoms in total. The highest BCUT2D eigenvalue weighted by molar-refractivity contribution is 7.92. The molecule has 0 bridgehead atoms. The quantitative estimate of drug-likeness (QED) is 0.192. The van der Waals surface area contributed by atoms with Crippen molar-refractivity contribution in [2.24, 2.45) is 0 Å². The first kappa shape index (κ1) is 32.9. The molecule has 0 unspecified atom stereocenters. The normalized spacial score (nSPS) is 14.1. The molecule has 1 N–H and O–H groups in total. The van der Waals surface area contributed by atoms with Gasteiger partial charge in [-0.2, -0.15) is 0 Å². The number of aryl methyl sites for hydroxylation is 3. The molecule has 5 rings (SSSR count). The average molecular weight is 638 g/mol. The average Bonchev–Trinajstić information content (AvgIpc) is 3.56. The van der Waals surface area contributed by atoms with E-state index in [1.807, 2.05) is 81.4 Å². The molecule has 4 aromatic carbocycles. The smallest absolute Gasteiger partial charge is 0.264 e. The molecule has 1 aliphatic rings. The van der Waals surface area contributed by atoms with Crippen molar-refractivity contribution in [3.05, 3.63) is 131 Å². The Morgan fingerprint density at radius 2 is 1.43 bits per heavy atom. The molecule has 0 saturated heterocycles. The summed E-state index contributed by atoms with van der Waals surface area (Å²) >= 11 is 0. The van der Waals surface area contributed by atoms with Crippen LogP contribution in [0.15, 0.2) is 108 Å². The summed E-state index contributed by atoms with van der Waals surface area (Å²) in [5, 5.41) is 3.22. The van der Waals surface area contributed by atoms with Gasteiger partial charge in [0, 0.05) is 19.0 Å². The molecule has 2 amide bonds. The highest BCUT2D eigenvalue weighted by Gasteiger charge is 2.35. The van der Waals surface area contributed by atoms with E-state index in [4.69, 9.17) is 0 Å². The van der Waals surface area contributed by atoms with Gasteiger partial charge in [-0.1, -0.05) is 97.3 Å². The van der Waals surface area contributed by atoms with Gasteiger partial charge in [0.25, 0.3) is 10.0 Å². The lowest BCUT2D eigenvalue weighted by molar-refractivity contribution is -0.140. The maximum absolute atomic E-state index is 14.7. The first-order valence-corrected chi connectivity index (χ1v) is 17.4. The van der Waals surface area contributed by atoms with Gasteiger partial charge in [0.2, 0.25) is 11.8 Å². The van der Waals surface area contributed by atoms with Crippen molar-refractivity contribution in [1.82, 2.24) is 10.2 Å². The van der Waals surface area contributed by atoms with Gasteiger partial charge in [-0.05, 0) is 80.1 Å². The number of carbonyl (C=O) groups is 2. The highest BCUT2D eigenvalue weighted by atomic mass is 32.2. The number of sulfonamides is 1. The summed E-state index contributed by atoms with van der Waals surface area (Å²) in [6, 6.07) is 30.3. The summed E-state index contributed by atoms with van der Waals surface area (Å²) in [6.45, 7) is 5.55. The molecule has 8 heteroatoms. The monoisotopic (exact) mass is 637 g/mol. The Hall–Kier alpha value is -4.43. The highest BCUT2D eigenvalue weighted by Crippen LogP contribution is 2.27. The van der Waals surface area contributed by atoms with Crippen LogP contribution in [0.5, 0.6) is 0 Å². The SMILES string of the molecule is Cc1cccc(CN(C(=O)CN(c2ccc(C)c(C)c2)S(=O)(=O)c2ccccc2)[C@H](Cc2ccccc2)C(=O)NC2CCCC2)c1. The minimum atomic E-state index is -4.13. The lowest BCUT2D eigenvalue weighted by Crippen LogP contribution is -2.54. The second kappa shape index (κ2) is 14.8. The Labute approximate surface area is 273 Å². The summed E-state index contributed by atoms with van der Waals surface area (Å²) in [4.78, 5) is 30.4. The van der Waals surface area contributed by atoms with E-state index in [2.05, 4.69) is 5.32 Å². The van der Waals surface area contributed by atoms with Gasteiger partial charge in [-0.25, -0.2) is 8.42 Å². The van der Waals surface area contributed by atoms with Crippen molar-refractivity contribution < 1.29 is 18.0 Å². The third-order valence-electron chi connectivity index (χ3n) is 8.80. The molecule has 0 radical (unpaired) electrons. The third kappa shape index (κ3) is 8.04. The van der Waals surface area contributed by atoms with E-state index >= 15 is 0 Å². The molecule has 46 heavy (non-hydrogen) atoms. The number of amides is 2. The fraction of sp³-hybridized carbons (Fsp3) is 0.316.